The third-order valence-electron chi connectivity index (χ3n) is 3.91. The number of carbonyl (C=O) groups is 1. The van der Waals surface area contributed by atoms with Gasteiger partial charge in [-0.25, -0.2) is 14.8 Å². The minimum atomic E-state index is -2.26. The summed E-state index contributed by atoms with van der Waals surface area (Å²) in [6, 6.07) is 6.66. The Labute approximate surface area is 162 Å². The zero-order valence-corrected chi connectivity index (χ0v) is 15.3. The van der Waals surface area contributed by atoms with Crippen LogP contribution >= 0.6 is 11.6 Å². The number of amides is 1. The van der Waals surface area contributed by atoms with Crippen molar-refractivity contribution in [3.8, 4) is 5.88 Å². The van der Waals surface area contributed by atoms with E-state index in [2.05, 4.69) is 20.4 Å². The molecular formula is C18H17ClN6O2. The number of pyridine rings is 1. The second-order valence-corrected chi connectivity index (χ2v) is 6.53. The van der Waals surface area contributed by atoms with E-state index in [1.54, 1.807) is 35.0 Å². The number of halogens is 1. The number of ether oxygens (including phenoxy) is 1. The molecule has 4 rings (SSSR count). The molecule has 0 unspecified atom stereocenters. The Kier molecular flexibility index (Phi) is 3.82. The molecule has 0 aromatic carbocycles. The predicted molar refractivity (Wildman–Crippen MR) is 100 cm³/mol. The van der Waals surface area contributed by atoms with Crippen LogP contribution < -0.4 is 10.1 Å². The molecule has 138 valence electrons. The number of nitrogens with zero attached hydrogens (tertiary/aromatic N) is 5. The van der Waals surface area contributed by atoms with E-state index in [0.29, 0.717) is 11.3 Å². The number of carbonyl (C=O) groups excluding carboxylic acids is 1. The van der Waals surface area contributed by atoms with E-state index in [9.17, 15) is 4.79 Å². The summed E-state index contributed by atoms with van der Waals surface area (Å²) in [6.07, 6.45) is 3.85. The molecule has 8 nitrogen and oxygen atoms in total. The molecule has 0 saturated heterocycles. The number of rotatable bonds is 4. The van der Waals surface area contributed by atoms with Gasteiger partial charge in [-0.15, -0.1) is 0 Å². The van der Waals surface area contributed by atoms with E-state index in [4.69, 9.17) is 19.1 Å². The first-order valence-electron chi connectivity index (χ1n) is 9.23. The molecule has 0 bridgehead atoms. The quantitative estimate of drug-likeness (QED) is 0.543. The van der Waals surface area contributed by atoms with Gasteiger partial charge in [0.25, 0.3) is 0 Å². The van der Waals surface area contributed by atoms with Gasteiger partial charge in [-0.3, -0.25) is 0 Å². The Hall–Kier alpha value is -3.13. The van der Waals surface area contributed by atoms with Crippen molar-refractivity contribution in [3.05, 3.63) is 59.3 Å². The summed E-state index contributed by atoms with van der Waals surface area (Å²) >= 11 is 6.06. The van der Waals surface area contributed by atoms with Crippen LogP contribution in [-0.2, 0) is 6.50 Å². The summed E-state index contributed by atoms with van der Waals surface area (Å²) in [7, 11) is 0. The second kappa shape index (κ2) is 6.88. The molecule has 27 heavy (non-hydrogen) atoms. The summed E-state index contributed by atoms with van der Waals surface area (Å²) < 4.78 is 24.6. The maximum Gasteiger partial charge on any atom is 0.414 e. The fourth-order valence-electron chi connectivity index (χ4n) is 2.63. The van der Waals surface area contributed by atoms with Crippen LogP contribution in [0.3, 0.4) is 0 Å². The summed E-state index contributed by atoms with van der Waals surface area (Å²) in [5.41, 5.74) is 1.91. The standard InChI is InChI=1S/C18H17ClN6O2/c1-11(2)13-9-21-25-16(7-14(19)23-17(13)25)27-18(26)20-8-12-10-24-6-4-3-5-15(24)22-12/h3-7,9-11H,8H2,1-2H3,(H,20,26)/i8D2. The average molecular weight is 387 g/mol. The van der Waals surface area contributed by atoms with Crippen LogP contribution in [0.2, 0.25) is 5.15 Å². The van der Waals surface area contributed by atoms with Gasteiger partial charge >= 0.3 is 6.09 Å². The minimum Gasteiger partial charge on any atom is -0.391 e. The first-order chi connectivity index (χ1) is 13.7. The molecule has 0 atom stereocenters. The zero-order chi connectivity index (χ0) is 20.8. The monoisotopic (exact) mass is 386 g/mol. The fraction of sp³-hybridized carbons (Fsp3) is 0.222. The third-order valence-corrected chi connectivity index (χ3v) is 4.10. The minimum absolute atomic E-state index is 0.0233. The maximum absolute atomic E-state index is 12.4. The van der Waals surface area contributed by atoms with Crippen molar-refractivity contribution in [2.75, 3.05) is 0 Å². The lowest BCUT2D eigenvalue weighted by atomic mass is 10.1. The Balaban J connectivity index is 1.59. The lowest BCUT2D eigenvalue weighted by Gasteiger charge is -2.08. The van der Waals surface area contributed by atoms with Gasteiger partial charge in [-0.1, -0.05) is 31.5 Å². The molecule has 0 radical (unpaired) electrons. The Morgan fingerprint density at radius 1 is 1.41 bits per heavy atom. The van der Waals surface area contributed by atoms with E-state index >= 15 is 0 Å². The summed E-state index contributed by atoms with van der Waals surface area (Å²) in [5, 5.41) is 6.52. The first-order valence-corrected chi connectivity index (χ1v) is 8.61. The van der Waals surface area contributed by atoms with Crippen LogP contribution in [0, 0.1) is 0 Å². The molecule has 4 heterocycles. The van der Waals surface area contributed by atoms with E-state index < -0.39 is 12.6 Å². The van der Waals surface area contributed by atoms with Crippen LogP contribution in [0.4, 0.5) is 4.79 Å². The molecular weight excluding hydrogens is 368 g/mol. The number of fused-ring (bicyclic) bond motifs is 2. The van der Waals surface area contributed by atoms with Gasteiger partial charge in [-0.2, -0.15) is 9.61 Å². The molecule has 1 N–H and O–H groups in total. The predicted octanol–water partition coefficient (Wildman–Crippen LogP) is 3.44. The zero-order valence-electron chi connectivity index (χ0n) is 16.5. The van der Waals surface area contributed by atoms with Crippen LogP contribution in [0.15, 0.2) is 42.9 Å². The van der Waals surface area contributed by atoms with E-state index in [-0.39, 0.29) is 22.6 Å². The van der Waals surface area contributed by atoms with E-state index in [1.807, 2.05) is 13.8 Å². The molecule has 0 fully saturated rings. The molecule has 0 saturated carbocycles. The highest BCUT2D eigenvalue weighted by Crippen LogP contribution is 2.25. The number of aromatic nitrogens is 5. The van der Waals surface area contributed by atoms with E-state index in [0.717, 1.165) is 5.56 Å². The molecule has 0 aliphatic heterocycles. The lowest BCUT2D eigenvalue weighted by Crippen LogP contribution is -2.27. The van der Waals surface area contributed by atoms with Gasteiger partial charge in [0.1, 0.15) is 10.8 Å². The highest BCUT2D eigenvalue weighted by molar-refractivity contribution is 6.29. The Morgan fingerprint density at radius 2 is 2.26 bits per heavy atom. The fourth-order valence-corrected chi connectivity index (χ4v) is 2.81. The van der Waals surface area contributed by atoms with Gasteiger partial charge < -0.3 is 14.5 Å². The number of imidazole rings is 1. The van der Waals surface area contributed by atoms with Crippen molar-refractivity contribution in [1.29, 1.82) is 0 Å². The number of hydrogen-bond donors (Lipinski definition) is 1. The SMILES string of the molecule is [2H]C([2H])(NC(=O)Oc1cc(Cl)nc2c(C(C)C)cnn12)c1cn2ccccc2n1. The van der Waals surface area contributed by atoms with Crippen LogP contribution in [-0.4, -0.2) is 30.1 Å². The van der Waals surface area contributed by atoms with Crippen molar-refractivity contribution in [1.82, 2.24) is 29.3 Å². The van der Waals surface area contributed by atoms with Gasteiger partial charge in [0.05, 0.1) is 21.1 Å². The van der Waals surface area contributed by atoms with Crippen molar-refractivity contribution in [2.24, 2.45) is 0 Å². The summed E-state index contributed by atoms with van der Waals surface area (Å²) in [4.78, 5) is 20.8. The van der Waals surface area contributed by atoms with Crippen LogP contribution in [0.25, 0.3) is 11.3 Å². The maximum atomic E-state index is 12.4. The third kappa shape index (κ3) is 3.43. The smallest absolute Gasteiger partial charge is 0.391 e. The van der Waals surface area contributed by atoms with Crippen molar-refractivity contribution >= 4 is 29.0 Å². The topological polar surface area (TPSA) is 85.8 Å². The Bertz CT molecular complexity index is 1190. The second-order valence-electron chi connectivity index (χ2n) is 6.14. The van der Waals surface area contributed by atoms with Gasteiger partial charge in [-0.05, 0) is 18.1 Å². The molecule has 1 amide bonds. The molecule has 4 aromatic rings. The van der Waals surface area contributed by atoms with Crippen molar-refractivity contribution in [3.63, 3.8) is 0 Å². The number of nitrogens with one attached hydrogen (secondary N) is 1. The molecule has 0 aliphatic carbocycles. The van der Waals surface area contributed by atoms with Crippen LogP contribution in [0.5, 0.6) is 5.88 Å². The van der Waals surface area contributed by atoms with E-state index in [1.165, 1.54) is 16.8 Å². The number of hydrogen-bond acceptors (Lipinski definition) is 5. The Morgan fingerprint density at radius 3 is 3.04 bits per heavy atom. The van der Waals surface area contributed by atoms with Crippen molar-refractivity contribution in [2.45, 2.75) is 26.3 Å². The summed E-state index contributed by atoms with van der Waals surface area (Å²) in [5.74, 6) is 0.166. The molecule has 0 aliphatic rings. The highest BCUT2D eigenvalue weighted by atomic mass is 35.5. The van der Waals surface area contributed by atoms with Gasteiger partial charge in [0, 0.05) is 24.0 Å². The normalized spacial score (nSPS) is 13.0. The van der Waals surface area contributed by atoms with Crippen LogP contribution in [0.1, 0.15) is 33.8 Å². The largest absolute Gasteiger partial charge is 0.414 e. The highest BCUT2D eigenvalue weighted by Gasteiger charge is 2.16. The molecule has 9 heteroatoms. The molecule has 4 aromatic heterocycles. The average Bonchev–Trinajstić information content (AvgIpc) is 3.25. The van der Waals surface area contributed by atoms with Crippen molar-refractivity contribution < 1.29 is 12.3 Å². The molecule has 0 spiro atoms. The lowest BCUT2D eigenvalue weighted by molar-refractivity contribution is 0.196. The first kappa shape index (κ1) is 15.0. The summed E-state index contributed by atoms with van der Waals surface area (Å²) in [6.45, 7) is 1.71. The van der Waals surface area contributed by atoms with Gasteiger partial charge in [0.2, 0.25) is 5.88 Å². The van der Waals surface area contributed by atoms with Gasteiger partial charge in [0.15, 0.2) is 5.65 Å².